The number of nitrogens with one attached hydrogen (secondary N) is 2. The highest BCUT2D eigenvalue weighted by Gasteiger charge is 2.33. The van der Waals surface area contributed by atoms with E-state index in [1.54, 1.807) is 38.3 Å². The number of carbonyl (C=O) groups excluding carboxylic acids is 5. The van der Waals surface area contributed by atoms with Crippen LogP contribution >= 0.6 is 0 Å². The molecule has 1 heterocycles. The summed E-state index contributed by atoms with van der Waals surface area (Å²) in [5.41, 5.74) is 8.71. The molecule has 0 spiro atoms. The minimum atomic E-state index is -0.959. The van der Waals surface area contributed by atoms with Gasteiger partial charge in [-0.1, -0.05) is 87.5 Å². The van der Waals surface area contributed by atoms with Crippen molar-refractivity contribution in [3.8, 4) is 0 Å². The Morgan fingerprint density at radius 2 is 1.60 bits per heavy atom. The second-order valence-corrected chi connectivity index (χ2v) is 14.8. The Morgan fingerprint density at radius 3 is 2.21 bits per heavy atom. The standard InChI is InChI=1S/C45H56N4O8/c1-8-49(26-32-14-10-9-11-15-32)27-33-17-19-34(20-18-33)44(53)48-40-36-24-29(3)23-35(55-6)22-28(2)21-31(5)42(57-45(46)54)39(56-7)16-12-13-30(4)43(52)47-37(41(36)51)25-38(40)50/h9-21,25,28-29,35,39,42H,8,22-24,26-27H2,1-7H3,(H2,46,54)(H,47,52)(H,48,53)/b16-12-,30-13+,31-21+/t28-,29-,35+,39-,42-/m0/s1. The highest BCUT2D eigenvalue weighted by molar-refractivity contribution is 6.24. The summed E-state index contributed by atoms with van der Waals surface area (Å²) < 4.78 is 17.0. The summed E-state index contributed by atoms with van der Waals surface area (Å²) in [6.45, 7) is 11.7. The number of nitrogens with zero attached hydrogens (tertiary/aromatic N) is 1. The van der Waals surface area contributed by atoms with Gasteiger partial charge >= 0.3 is 6.09 Å². The molecule has 1 aliphatic heterocycles. The van der Waals surface area contributed by atoms with Gasteiger partial charge in [0.2, 0.25) is 11.6 Å². The number of hydrogen-bond acceptors (Lipinski definition) is 9. The number of ketones is 2. The van der Waals surface area contributed by atoms with E-state index >= 15 is 0 Å². The highest BCUT2D eigenvalue weighted by atomic mass is 16.6. The molecule has 2 aromatic rings. The number of rotatable bonds is 10. The number of methoxy groups -OCH3 is 2. The fraction of sp³-hybridized carbons (Fsp3) is 0.400. The van der Waals surface area contributed by atoms with Crippen molar-refractivity contribution in [2.24, 2.45) is 17.6 Å². The van der Waals surface area contributed by atoms with Crippen LogP contribution in [-0.4, -0.2) is 73.5 Å². The summed E-state index contributed by atoms with van der Waals surface area (Å²) in [5.74, 6) is -2.53. The number of Topliss-reactive ketones (excluding diaryl/α,β-unsaturated/α-hetero) is 1. The Kier molecular flexibility index (Phi) is 16.5. The molecular formula is C45H56N4O8. The van der Waals surface area contributed by atoms with E-state index in [4.69, 9.17) is 19.9 Å². The fourth-order valence-corrected chi connectivity index (χ4v) is 7.09. The fourth-order valence-electron chi connectivity index (χ4n) is 7.09. The molecule has 0 saturated heterocycles. The van der Waals surface area contributed by atoms with Crippen molar-refractivity contribution in [2.75, 3.05) is 20.8 Å². The van der Waals surface area contributed by atoms with Crippen LogP contribution in [0.25, 0.3) is 0 Å². The molecule has 2 bridgehead atoms. The van der Waals surface area contributed by atoms with Crippen LogP contribution < -0.4 is 16.4 Å². The van der Waals surface area contributed by atoms with Gasteiger partial charge in [-0.3, -0.25) is 24.1 Å². The molecule has 2 aromatic carbocycles. The summed E-state index contributed by atoms with van der Waals surface area (Å²) in [4.78, 5) is 68.9. The van der Waals surface area contributed by atoms with E-state index in [1.165, 1.54) is 18.7 Å². The molecular weight excluding hydrogens is 725 g/mol. The van der Waals surface area contributed by atoms with Crippen molar-refractivity contribution < 1.29 is 38.2 Å². The molecule has 12 heteroatoms. The number of carbonyl (C=O) groups is 5. The molecule has 12 nitrogen and oxygen atoms in total. The number of benzene rings is 2. The lowest BCUT2D eigenvalue weighted by Crippen LogP contribution is -2.37. The minimum absolute atomic E-state index is 0.0320. The van der Waals surface area contributed by atoms with E-state index in [1.807, 2.05) is 57.2 Å². The third-order valence-electron chi connectivity index (χ3n) is 10.1. The first kappa shape index (κ1) is 44.3. The van der Waals surface area contributed by atoms with E-state index < -0.39 is 41.7 Å². The molecule has 3 amide bonds. The second kappa shape index (κ2) is 21.2. The van der Waals surface area contributed by atoms with Gasteiger partial charge in [-0.05, 0) is 80.3 Å². The molecule has 4 N–H and O–H groups in total. The van der Waals surface area contributed by atoms with Crippen LogP contribution in [0.2, 0.25) is 0 Å². The molecule has 5 atom stereocenters. The van der Waals surface area contributed by atoms with E-state index in [0.717, 1.165) is 24.7 Å². The summed E-state index contributed by atoms with van der Waals surface area (Å²) in [6.07, 6.45) is 6.19. The van der Waals surface area contributed by atoms with Gasteiger partial charge in [-0.25, -0.2) is 4.79 Å². The summed E-state index contributed by atoms with van der Waals surface area (Å²) in [5, 5.41) is 5.34. The van der Waals surface area contributed by atoms with Crippen molar-refractivity contribution in [3.63, 3.8) is 0 Å². The summed E-state index contributed by atoms with van der Waals surface area (Å²) >= 11 is 0. The average Bonchev–Trinajstić information content (AvgIpc) is 3.18. The number of fused-ring (bicyclic) bond motifs is 2. The molecule has 1 aliphatic carbocycles. The number of ether oxygens (including phenoxy) is 3. The normalized spacial score (nSPS) is 25.1. The van der Waals surface area contributed by atoms with E-state index in [-0.39, 0.29) is 46.9 Å². The molecule has 0 aromatic heterocycles. The number of nitrogens with two attached hydrogens (primary N) is 1. The maximum atomic E-state index is 14.1. The molecule has 0 fully saturated rings. The van der Waals surface area contributed by atoms with Gasteiger partial charge in [0.25, 0.3) is 11.8 Å². The van der Waals surface area contributed by atoms with Gasteiger partial charge in [0.1, 0.15) is 6.10 Å². The van der Waals surface area contributed by atoms with Crippen molar-refractivity contribution in [1.29, 1.82) is 0 Å². The van der Waals surface area contributed by atoms with Crippen molar-refractivity contribution in [3.05, 3.63) is 130 Å². The van der Waals surface area contributed by atoms with Crippen LogP contribution in [0, 0.1) is 11.8 Å². The predicted octanol–water partition coefficient (Wildman–Crippen LogP) is 6.24. The Hall–Kier alpha value is -5.43. The monoisotopic (exact) mass is 780 g/mol. The summed E-state index contributed by atoms with van der Waals surface area (Å²) in [7, 11) is 3.08. The molecule has 57 heavy (non-hydrogen) atoms. The predicted molar refractivity (Wildman–Crippen MR) is 218 cm³/mol. The Balaban J connectivity index is 1.62. The lowest BCUT2D eigenvalue weighted by atomic mass is 9.86. The molecule has 304 valence electrons. The Morgan fingerprint density at radius 1 is 0.930 bits per heavy atom. The minimum Gasteiger partial charge on any atom is -0.439 e. The van der Waals surface area contributed by atoms with E-state index in [0.29, 0.717) is 30.5 Å². The van der Waals surface area contributed by atoms with E-state index in [9.17, 15) is 24.0 Å². The van der Waals surface area contributed by atoms with Crippen LogP contribution in [0.3, 0.4) is 0 Å². The first-order chi connectivity index (χ1) is 27.2. The molecule has 4 rings (SSSR count). The van der Waals surface area contributed by atoms with Gasteiger partial charge in [-0.2, -0.15) is 0 Å². The maximum Gasteiger partial charge on any atom is 0.405 e. The topological polar surface area (TPSA) is 166 Å². The number of allylic oxidation sites excluding steroid dienone is 5. The Bertz CT molecular complexity index is 1930. The van der Waals surface area contributed by atoms with Crippen LogP contribution in [0.1, 0.15) is 75.4 Å². The number of amides is 3. The third-order valence-corrected chi connectivity index (χ3v) is 10.1. The molecule has 0 radical (unpaired) electrons. The Labute approximate surface area is 335 Å². The van der Waals surface area contributed by atoms with Crippen LogP contribution in [-0.2, 0) is 41.7 Å². The largest absolute Gasteiger partial charge is 0.439 e. The first-order valence-corrected chi connectivity index (χ1v) is 19.3. The zero-order chi connectivity index (χ0) is 41.6. The first-order valence-electron chi connectivity index (χ1n) is 19.3. The zero-order valence-electron chi connectivity index (χ0n) is 34.0. The third kappa shape index (κ3) is 12.8. The van der Waals surface area contributed by atoms with Crippen LogP contribution in [0.4, 0.5) is 4.79 Å². The highest BCUT2D eigenvalue weighted by Crippen LogP contribution is 2.29. The second-order valence-electron chi connectivity index (χ2n) is 14.8. The van der Waals surface area contributed by atoms with Gasteiger partial charge in [0.05, 0.1) is 17.5 Å². The number of hydrogen-bond donors (Lipinski definition) is 3. The maximum absolute atomic E-state index is 14.1. The molecule has 0 unspecified atom stereocenters. The van der Waals surface area contributed by atoms with Gasteiger partial charge in [0, 0.05) is 50.1 Å². The zero-order valence-corrected chi connectivity index (χ0v) is 34.0. The quantitative estimate of drug-likeness (QED) is 0.187. The number of primary amides is 1. The average molecular weight is 781 g/mol. The summed E-state index contributed by atoms with van der Waals surface area (Å²) in [6, 6.07) is 17.4. The van der Waals surface area contributed by atoms with E-state index in [2.05, 4.69) is 34.6 Å². The lowest BCUT2D eigenvalue weighted by Gasteiger charge is -2.26. The molecule has 0 saturated carbocycles. The van der Waals surface area contributed by atoms with Crippen molar-refractivity contribution >= 4 is 29.5 Å². The van der Waals surface area contributed by atoms with Crippen molar-refractivity contribution in [2.45, 2.75) is 85.3 Å². The van der Waals surface area contributed by atoms with Gasteiger partial charge < -0.3 is 30.6 Å². The lowest BCUT2D eigenvalue weighted by molar-refractivity contribution is -0.120. The van der Waals surface area contributed by atoms with Crippen LogP contribution in [0.5, 0.6) is 0 Å². The smallest absolute Gasteiger partial charge is 0.405 e. The van der Waals surface area contributed by atoms with Crippen molar-refractivity contribution in [1.82, 2.24) is 15.5 Å². The molecule has 2 aliphatic rings. The SMILES string of the molecule is CCN(Cc1ccccc1)Cc1ccc(C(=O)NC2=C3C[C@@H](C)C[C@H](OC)C[C@@H](C)/C=C(\C)[C@H](OC(N)=O)[C@@H](OC)/C=C\C=C(/C)C(=O)NC(=CC2=O)C3=O)cc1. The van der Waals surface area contributed by atoms with Crippen LogP contribution in [0.15, 0.2) is 113 Å². The van der Waals surface area contributed by atoms with Gasteiger partial charge in [0.15, 0.2) is 6.10 Å². The van der Waals surface area contributed by atoms with Gasteiger partial charge in [-0.15, -0.1) is 0 Å².